The summed E-state index contributed by atoms with van der Waals surface area (Å²) in [5, 5.41) is 2.98. The van der Waals surface area contributed by atoms with Crippen molar-refractivity contribution in [3.05, 3.63) is 16.6 Å². The van der Waals surface area contributed by atoms with Crippen LogP contribution < -0.4 is 5.32 Å². The lowest BCUT2D eigenvalue weighted by molar-refractivity contribution is -0.126. The van der Waals surface area contributed by atoms with E-state index in [-0.39, 0.29) is 11.8 Å². The normalized spacial score (nSPS) is 18.6. The Kier molecular flexibility index (Phi) is 3.90. The molecule has 0 aliphatic carbocycles. The second-order valence-electron chi connectivity index (χ2n) is 4.26. The molecule has 0 bridgehead atoms. The molecule has 1 amide bonds. The first kappa shape index (κ1) is 11.5. The first-order valence-electron chi connectivity index (χ1n) is 5.59. The quantitative estimate of drug-likeness (QED) is 0.859. The summed E-state index contributed by atoms with van der Waals surface area (Å²) in [5.74, 6) is 0.394. The third-order valence-electron chi connectivity index (χ3n) is 3.01. The maximum atomic E-state index is 11.9. The zero-order valence-electron chi connectivity index (χ0n) is 9.48. The molecule has 16 heavy (non-hydrogen) atoms. The molecule has 0 unspecified atom stereocenters. The van der Waals surface area contributed by atoms with Crippen LogP contribution in [0, 0.1) is 5.92 Å². The summed E-state index contributed by atoms with van der Waals surface area (Å²) in [4.78, 5) is 19.2. The average Bonchev–Trinajstić information content (AvgIpc) is 2.80. The molecule has 0 atom stereocenters. The first-order valence-corrected chi connectivity index (χ1v) is 6.47. The number of piperidine rings is 1. The maximum Gasteiger partial charge on any atom is 0.223 e. The van der Waals surface area contributed by atoms with E-state index in [4.69, 9.17) is 0 Å². The Balaban J connectivity index is 1.75. The molecule has 4 nitrogen and oxygen atoms in total. The molecule has 0 radical (unpaired) electrons. The molecule has 1 N–H and O–H groups in total. The van der Waals surface area contributed by atoms with Crippen molar-refractivity contribution in [2.75, 3.05) is 20.1 Å². The van der Waals surface area contributed by atoms with Gasteiger partial charge in [0.2, 0.25) is 5.91 Å². The van der Waals surface area contributed by atoms with Crippen LogP contribution >= 0.6 is 11.3 Å². The van der Waals surface area contributed by atoms with Crippen molar-refractivity contribution in [3.63, 3.8) is 0 Å². The Labute approximate surface area is 99.7 Å². The molecule has 1 aliphatic heterocycles. The smallest absolute Gasteiger partial charge is 0.223 e. The summed E-state index contributed by atoms with van der Waals surface area (Å²) >= 11 is 1.58. The zero-order chi connectivity index (χ0) is 11.4. The van der Waals surface area contributed by atoms with Gasteiger partial charge in [0, 0.05) is 17.0 Å². The van der Waals surface area contributed by atoms with E-state index in [1.165, 1.54) is 0 Å². The summed E-state index contributed by atoms with van der Waals surface area (Å²) in [7, 11) is 2.10. The number of amides is 1. The molecule has 0 saturated carbocycles. The van der Waals surface area contributed by atoms with Gasteiger partial charge in [0.15, 0.2) is 0 Å². The van der Waals surface area contributed by atoms with E-state index in [2.05, 4.69) is 22.2 Å². The third-order valence-corrected chi connectivity index (χ3v) is 3.79. The number of hydrogen-bond donors (Lipinski definition) is 1. The van der Waals surface area contributed by atoms with Crippen molar-refractivity contribution >= 4 is 17.2 Å². The van der Waals surface area contributed by atoms with Gasteiger partial charge < -0.3 is 10.2 Å². The van der Waals surface area contributed by atoms with Crippen LogP contribution in [0.4, 0.5) is 0 Å². The van der Waals surface area contributed by atoms with Gasteiger partial charge in [0.1, 0.15) is 0 Å². The maximum absolute atomic E-state index is 11.9. The topological polar surface area (TPSA) is 45.2 Å². The third kappa shape index (κ3) is 3.02. The number of aromatic nitrogens is 1. The van der Waals surface area contributed by atoms with Crippen molar-refractivity contribution in [1.29, 1.82) is 0 Å². The van der Waals surface area contributed by atoms with Crippen molar-refractivity contribution in [2.45, 2.75) is 19.4 Å². The molecule has 0 aromatic carbocycles. The van der Waals surface area contributed by atoms with Gasteiger partial charge in [-0.05, 0) is 33.0 Å². The zero-order valence-corrected chi connectivity index (χ0v) is 10.3. The highest BCUT2D eigenvalue weighted by Gasteiger charge is 2.22. The van der Waals surface area contributed by atoms with Gasteiger partial charge in [-0.25, -0.2) is 0 Å². The summed E-state index contributed by atoms with van der Waals surface area (Å²) in [6.45, 7) is 2.67. The van der Waals surface area contributed by atoms with Gasteiger partial charge >= 0.3 is 0 Å². The minimum Gasteiger partial charge on any atom is -0.351 e. The van der Waals surface area contributed by atoms with E-state index in [1.807, 2.05) is 0 Å². The van der Waals surface area contributed by atoms with E-state index in [0.29, 0.717) is 6.54 Å². The average molecular weight is 239 g/mol. The van der Waals surface area contributed by atoms with Crippen LogP contribution in [-0.2, 0) is 11.3 Å². The molecule has 1 saturated heterocycles. The van der Waals surface area contributed by atoms with E-state index >= 15 is 0 Å². The van der Waals surface area contributed by atoms with Crippen LogP contribution in [-0.4, -0.2) is 35.9 Å². The number of hydrogen-bond acceptors (Lipinski definition) is 4. The lowest BCUT2D eigenvalue weighted by Gasteiger charge is -2.27. The van der Waals surface area contributed by atoms with Crippen molar-refractivity contribution in [2.24, 2.45) is 5.92 Å². The lowest BCUT2D eigenvalue weighted by Crippen LogP contribution is -2.38. The molecule has 1 aliphatic rings. The second-order valence-corrected chi connectivity index (χ2v) is 5.23. The summed E-state index contributed by atoms with van der Waals surface area (Å²) < 4.78 is 0. The number of carbonyl (C=O) groups is 1. The van der Waals surface area contributed by atoms with Crippen LogP contribution in [0.2, 0.25) is 0 Å². The number of rotatable bonds is 3. The molecular formula is C11H17N3OS. The van der Waals surface area contributed by atoms with Crippen molar-refractivity contribution < 1.29 is 4.79 Å². The lowest BCUT2D eigenvalue weighted by atomic mass is 9.96. The molecular weight excluding hydrogens is 222 g/mol. The van der Waals surface area contributed by atoms with Gasteiger partial charge in [0.25, 0.3) is 0 Å². The van der Waals surface area contributed by atoms with Crippen LogP contribution in [0.25, 0.3) is 0 Å². The van der Waals surface area contributed by atoms with Crippen LogP contribution in [0.5, 0.6) is 0 Å². The van der Waals surface area contributed by atoms with Crippen LogP contribution in [0.1, 0.15) is 17.7 Å². The first-order chi connectivity index (χ1) is 7.75. The standard InChI is InChI=1S/C11H17N3OS/c1-14-4-2-9(3-5-14)11(15)13-7-10-6-12-8-16-10/h6,8-9H,2-5,7H2,1H3,(H,13,15). The predicted octanol–water partition coefficient (Wildman–Crippen LogP) is 1.10. The Morgan fingerprint density at radius 2 is 2.38 bits per heavy atom. The Hall–Kier alpha value is -0.940. The summed E-state index contributed by atoms with van der Waals surface area (Å²) in [6, 6.07) is 0. The van der Waals surface area contributed by atoms with Crippen LogP contribution in [0.15, 0.2) is 11.7 Å². The predicted molar refractivity (Wildman–Crippen MR) is 64.2 cm³/mol. The molecule has 1 fully saturated rings. The summed E-state index contributed by atoms with van der Waals surface area (Å²) in [6.07, 6.45) is 3.76. The van der Waals surface area contributed by atoms with E-state index in [9.17, 15) is 4.79 Å². The highest BCUT2D eigenvalue weighted by molar-refractivity contribution is 7.09. The Bertz CT molecular complexity index is 331. The molecule has 2 rings (SSSR count). The van der Waals surface area contributed by atoms with E-state index < -0.39 is 0 Å². The number of thiazole rings is 1. The fourth-order valence-corrected chi connectivity index (χ4v) is 2.45. The molecule has 88 valence electrons. The minimum absolute atomic E-state index is 0.196. The number of nitrogens with one attached hydrogen (secondary N) is 1. The monoisotopic (exact) mass is 239 g/mol. The highest BCUT2D eigenvalue weighted by Crippen LogP contribution is 2.16. The number of nitrogens with zero attached hydrogens (tertiary/aromatic N) is 2. The SMILES string of the molecule is CN1CCC(C(=O)NCc2cncs2)CC1. The molecule has 0 spiro atoms. The fourth-order valence-electron chi connectivity index (χ4n) is 1.92. The minimum atomic E-state index is 0.196. The molecule has 5 heteroatoms. The largest absolute Gasteiger partial charge is 0.351 e. The van der Waals surface area contributed by atoms with Crippen molar-refractivity contribution in [3.8, 4) is 0 Å². The van der Waals surface area contributed by atoms with Gasteiger partial charge in [-0.2, -0.15) is 0 Å². The van der Waals surface area contributed by atoms with Gasteiger partial charge in [0.05, 0.1) is 12.1 Å². The second kappa shape index (κ2) is 5.41. The van der Waals surface area contributed by atoms with E-state index in [1.54, 1.807) is 23.0 Å². The fraction of sp³-hybridized carbons (Fsp3) is 0.636. The van der Waals surface area contributed by atoms with Gasteiger partial charge in [-0.3, -0.25) is 9.78 Å². The highest BCUT2D eigenvalue weighted by atomic mass is 32.1. The summed E-state index contributed by atoms with van der Waals surface area (Å²) in [5.41, 5.74) is 1.79. The van der Waals surface area contributed by atoms with Gasteiger partial charge in [-0.1, -0.05) is 0 Å². The van der Waals surface area contributed by atoms with Crippen molar-refractivity contribution in [1.82, 2.24) is 15.2 Å². The van der Waals surface area contributed by atoms with Gasteiger partial charge in [-0.15, -0.1) is 11.3 Å². The Morgan fingerprint density at radius 1 is 1.62 bits per heavy atom. The van der Waals surface area contributed by atoms with E-state index in [0.717, 1.165) is 30.8 Å². The van der Waals surface area contributed by atoms with Crippen LogP contribution in [0.3, 0.4) is 0 Å². The number of carbonyl (C=O) groups excluding carboxylic acids is 1. The molecule has 1 aromatic rings. The molecule has 2 heterocycles. The Morgan fingerprint density at radius 3 is 3.00 bits per heavy atom. The number of likely N-dealkylation sites (tertiary alicyclic amines) is 1. The molecule has 1 aromatic heterocycles.